The molecule has 0 saturated carbocycles. The number of carbonyl (C=O) groups excluding carboxylic acids is 1. The van der Waals surface area contributed by atoms with Gasteiger partial charge in [0.15, 0.2) is 17.3 Å². The van der Waals surface area contributed by atoms with Crippen molar-refractivity contribution in [3.8, 4) is 17.2 Å². The molecule has 0 aliphatic carbocycles. The predicted molar refractivity (Wildman–Crippen MR) is 95.8 cm³/mol. The number of nitrogens with zero attached hydrogens (tertiary/aromatic N) is 1. The number of halogens is 1. The second kappa shape index (κ2) is 6.99. The predicted octanol–water partition coefficient (Wildman–Crippen LogP) is 2.33. The maximum atomic E-state index is 15.0. The molecule has 1 unspecified atom stereocenters. The standard InChI is InChI=1S/C17H19FN2O5S/c1-9(2)3-4-25-14-7-11-10(5-12(14)21)6-13(22)17(16(11)18)20-8-15(23)19-26(20)24/h5-7,9,21-22H,3-4,8H2,1-2H3,(H,19,23). The molecule has 1 heterocycles. The van der Waals surface area contributed by atoms with Gasteiger partial charge in [0.1, 0.15) is 18.0 Å². The molecule has 1 fully saturated rings. The lowest BCUT2D eigenvalue weighted by Crippen LogP contribution is -2.23. The van der Waals surface area contributed by atoms with Crippen LogP contribution in [0.1, 0.15) is 20.3 Å². The molecule has 1 aliphatic rings. The van der Waals surface area contributed by atoms with Gasteiger partial charge < -0.3 is 14.9 Å². The Labute approximate surface area is 152 Å². The van der Waals surface area contributed by atoms with Crippen molar-refractivity contribution in [1.82, 2.24) is 4.72 Å². The molecule has 0 aromatic heterocycles. The number of benzene rings is 2. The van der Waals surface area contributed by atoms with Gasteiger partial charge in [-0.2, -0.15) is 0 Å². The number of anilines is 1. The molecule has 1 amide bonds. The minimum Gasteiger partial charge on any atom is -0.506 e. The summed E-state index contributed by atoms with van der Waals surface area (Å²) in [5.74, 6) is -1.51. The Bertz CT molecular complexity index is 903. The zero-order valence-electron chi connectivity index (χ0n) is 14.3. The van der Waals surface area contributed by atoms with E-state index in [1.807, 2.05) is 13.8 Å². The molecule has 1 atom stereocenters. The van der Waals surface area contributed by atoms with Crippen LogP contribution in [0.3, 0.4) is 0 Å². The summed E-state index contributed by atoms with van der Waals surface area (Å²) in [7, 11) is 0. The van der Waals surface area contributed by atoms with Gasteiger partial charge in [0, 0.05) is 5.39 Å². The third-order valence-corrected chi connectivity index (χ3v) is 5.12. The van der Waals surface area contributed by atoms with Crippen LogP contribution in [0.15, 0.2) is 18.2 Å². The van der Waals surface area contributed by atoms with Crippen molar-refractivity contribution >= 4 is 33.5 Å². The number of ether oxygens (including phenoxy) is 1. The fourth-order valence-corrected chi connectivity index (χ4v) is 3.59. The fraction of sp³-hybridized carbons (Fsp3) is 0.353. The van der Waals surface area contributed by atoms with Gasteiger partial charge in [-0.25, -0.2) is 8.60 Å². The fourth-order valence-electron chi connectivity index (χ4n) is 2.64. The summed E-state index contributed by atoms with van der Waals surface area (Å²) in [6, 6.07) is 3.86. The van der Waals surface area contributed by atoms with Crippen LogP contribution in [-0.4, -0.2) is 33.5 Å². The summed E-state index contributed by atoms with van der Waals surface area (Å²) in [5.41, 5.74) is -0.340. The summed E-state index contributed by atoms with van der Waals surface area (Å²) < 4.78 is 35.6. The van der Waals surface area contributed by atoms with E-state index in [1.165, 1.54) is 18.2 Å². The van der Waals surface area contributed by atoms with Gasteiger partial charge in [0.2, 0.25) is 11.2 Å². The van der Waals surface area contributed by atoms with Crippen LogP contribution in [0, 0.1) is 11.7 Å². The smallest absolute Gasteiger partial charge is 0.253 e. The molecule has 26 heavy (non-hydrogen) atoms. The number of phenolic OH excluding ortho intramolecular Hbond substituents is 2. The van der Waals surface area contributed by atoms with Gasteiger partial charge in [0.05, 0.1) is 6.61 Å². The summed E-state index contributed by atoms with van der Waals surface area (Å²) in [4.78, 5) is 11.4. The van der Waals surface area contributed by atoms with Gasteiger partial charge in [-0.15, -0.1) is 0 Å². The van der Waals surface area contributed by atoms with E-state index >= 15 is 4.39 Å². The van der Waals surface area contributed by atoms with E-state index in [0.717, 1.165) is 10.7 Å². The minimum atomic E-state index is -1.97. The number of hydrogen-bond donors (Lipinski definition) is 3. The number of carbonyl (C=O) groups is 1. The van der Waals surface area contributed by atoms with Gasteiger partial charge in [0.25, 0.3) is 5.91 Å². The Morgan fingerprint density at radius 3 is 2.62 bits per heavy atom. The van der Waals surface area contributed by atoms with Crippen LogP contribution in [0.25, 0.3) is 10.8 Å². The highest BCUT2D eigenvalue weighted by Crippen LogP contribution is 2.41. The Morgan fingerprint density at radius 1 is 1.31 bits per heavy atom. The quantitative estimate of drug-likeness (QED) is 0.737. The number of rotatable bonds is 5. The van der Waals surface area contributed by atoms with Crippen LogP contribution in [0.5, 0.6) is 17.2 Å². The van der Waals surface area contributed by atoms with Gasteiger partial charge >= 0.3 is 0 Å². The summed E-state index contributed by atoms with van der Waals surface area (Å²) >= 11 is -1.97. The van der Waals surface area contributed by atoms with Gasteiger partial charge in [-0.3, -0.25) is 13.8 Å². The Hall–Kier alpha value is -2.55. The van der Waals surface area contributed by atoms with E-state index in [9.17, 15) is 19.2 Å². The van der Waals surface area contributed by atoms with E-state index in [-0.39, 0.29) is 34.5 Å². The summed E-state index contributed by atoms with van der Waals surface area (Å²) in [5, 5.41) is 20.5. The number of aromatic hydroxyl groups is 2. The van der Waals surface area contributed by atoms with Crippen molar-refractivity contribution in [2.45, 2.75) is 20.3 Å². The molecule has 1 saturated heterocycles. The van der Waals surface area contributed by atoms with E-state index in [1.54, 1.807) is 0 Å². The number of amides is 1. The second-order valence-electron chi connectivity index (χ2n) is 6.44. The van der Waals surface area contributed by atoms with Crippen LogP contribution in [-0.2, 0) is 16.0 Å². The average molecular weight is 382 g/mol. The van der Waals surface area contributed by atoms with Crippen LogP contribution in [0.2, 0.25) is 0 Å². The van der Waals surface area contributed by atoms with Crippen molar-refractivity contribution < 1.29 is 28.3 Å². The van der Waals surface area contributed by atoms with Crippen LogP contribution >= 0.6 is 0 Å². The lowest BCUT2D eigenvalue weighted by molar-refractivity contribution is -0.117. The molecule has 0 radical (unpaired) electrons. The SMILES string of the molecule is CC(C)CCOc1cc2c(F)c(N3CC(=O)NS3=O)c(O)cc2cc1O. The Morgan fingerprint density at radius 2 is 2.00 bits per heavy atom. The monoisotopic (exact) mass is 382 g/mol. The third-order valence-electron chi connectivity index (χ3n) is 4.00. The average Bonchev–Trinajstić information content (AvgIpc) is 2.86. The first kappa shape index (κ1) is 18.2. The minimum absolute atomic E-state index is 0.0755. The third kappa shape index (κ3) is 3.39. The molecular formula is C17H19FN2O5S. The zero-order valence-corrected chi connectivity index (χ0v) is 15.1. The molecule has 0 spiro atoms. The number of fused-ring (bicyclic) bond motifs is 1. The molecule has 2 aromatic carbocycles. The molecule has 3 rings (SSSR count). The number of hydrogen-bond acceptors (Lipinski definition) is 5. The van der Waals surface area contributed by atoms with Crippen LogP contribution in [0.4, 0.5) is 10.1 Å². The normalized spacial score (nSPS) is 17.2. The van der Waals surface area contributed by atoms with Crippen molar-refractivity contribution in [2.75, 3.05) is 17.5 Å². The highest BCUT2D eigenvalue weighted by atomic mass is 32.2. The van der Waals surface area contributed by atoms with E-state index in [2.05, 4.69) is 4.72 Å². The van der Waals surface area contributed by atoms with Gasteiger partial charge in [-0.05, 0) is 35.9 Å². The first-order valence-corrected chi connectivity index (χ1v) is 9.18. The molecule has 140 valence electrons. The summed E-state index contributed by atoms with van der Waals surface area (Å²) in [6.07, 6.45) is 0.765. The number of phenols is 2. The maximum Gasteiger partial charge on any atom is 0.253 e. The molecule has 1 aliphatic heterocycles. The highest BCUT2D eigenvalue weighted by Gasteiger charge is 2.32. The van der Waals surface area contributed by atoms with Crippen LogP contribution < -0.4 is 13.8 Å². The lowest BCUT2D eigenvalue weighted by Gasteiger charge is -2.18. The summed E-state index contributed by atoms with van der Waals surface area (Å²) in [6.45, 7) is 4.09. The lowest BCUT2D eigenvalue weighted by atomic mass is 10.1. The van der Waals surface area contributed by atoms with Crippen molar-refractivity contribution in [3.63, 3.8) is 0 Å². The van der Waals surface area contributed by atoms with Crippen molar-refractivity contribution in [1.29, 1.82) is 0 Å². The first-order chi connectivity index (χ1) is 12.3. The zero-order chi connectivity index (χ0) is 19.0. The van der Waals surface area contributed by atoms with E-state index < -0.39 is 28.6 Å². The van der Waals surface area contributed by atoms with Crippen molar-refractivity contribution in [2.24, 2.45) is 5.92 Å². The molecule has 7 nitrogen and oxygen atoms in total. The first-order valence-electron chi connectivity index (χ1n) is 8.07. The molecule has 9 heteroatoms. The Balaban J connectivity index is 2.04. The Kier molecular flexibility index (Phi) is 4.90. The molecular weight excluding hydrogens is 363 g/mol. The maximum absolute atomic E-state index is 15.0. The number of nitrogens with one attached hydrogen (secondary N) is 1. The topological polar surface area (TPSA) is 99.1 Å². The van der Waals surface area contributed by atoms with Crippen molar-refractivity contribution in [3.05, 3.63) is 24.0 Å². The van der Waals surface area contributed by atoms with E-state index in [4.69, 9.17) is 4.74 Å². The molecule has 2 aromatic rings. The van der Waals surface area contributed by atoms with E-state index in [0.29, 0.717) is 12.5 Å². The largest absolute Gasteiger partial charge is 0.506 e. The highest BCUT2D eigenvalue weighted by molar-refractivity contribution is 7.85. The molecule has 0 bridgehead atoms. The van der Waals surface area contributed by atoms with Gasteiger partial charge in [-0.1, -0.05) is 13.8 Å². The second-order valence-corrected chi connectivity index (χ2v) is 7.58. The molecule has 3 N–H and O–H groups in total.